The zero-order chi connectivity index (χ0) is 13.9. The first-order valence-corrected chi connectivity index (χ1v) is 7.55. The molecule has 0 amide bonds. The lowest BCUT2D eigenvalue weighted by Crippen LogP contribution is -2.34. The van der Waals surface area contributed by atoms with Gasteiger partial charge in [0.25, 0.3) is 0 Å². The van der Waals surface area contributed by atoms with Crippen LogP contribution in [-0.4, -0.2) is 32.4 Å². The predicted molar refractivity (Wildman–Crippen MR) is 79.4 cm³/mol. The maximum atomic E-state index is 4.37. The summed E-state index contributed by atoms with van der Waals surface area (Å²) >= 11 is 0. The third kappa shape index (κ3) is 2.50. The van der Waals surface area contributed by atoms with Gasteiger partial charge in [0.2, 0.25) is 0 Å². The summed E-state index contributed by atoms with van der Waals surface area (Å²) in [6.07, 6.45) is 10.5. The number of rotatable bonds is 4. The van der Waals surface area contributed by atoms with E-state index < -0.39 is 0 Å². The number of imidazole rings is 1. The molecular formula is C15H23N5. The second-order valence-electron chi connectivity index (χ2n) is 5.62. The number of nitrogens with zero attached hydrogens (tertiary/aromatic N) is 4. The number of piperidine rings is 1. The molecule has 1 N–H and O–H groups in total. The second-order valence-corrected chi connectivity index (χ2v) is 5.62. The Morgan fingerprint density at radius 2 is 2.35 bits per heavy atom. The fraction of sp³-hybridized carbons (Fsp3) is 0.600. The summed E-state index contributed by atoms with van der Waals surface area (Å²) < 4.78 is 4.26. The van der Waals surface area contributed by atoms with E-state index in [1.807, 2.05) is 23.4 Å². The number of hydrogen-bond acceptors (Lipinski definition) is 3. The van der Waals surface area contributed by atoms with Crippen LogP contribution in [0.15, 0.2) is 24.9 Å². The highest BCUT2D eigenvalue weighted by Gasteiger charge is 2.23. The van der Waals surface area contributed by atoms with Gasteiger partial charge < -0.3 is 9.88 Å². The van der Waals surface area contributed by atoms with Gasteiger partial charge in [-0.05, 0) is 45.7 Å². The minimum absolute atomic E-state index is 0.463. The molecule has 0 aromatic carbocycles. The van der Waals surface area contributed by atoms with Crippen molar-refractivity contribution in [2.24, 2.45) is 5.92 Å². The van der Waals surface area contributed by atoms with E-state index in [9.17, 15) is 0 Å². The molecule has 2 unspecified atom stereocenters. The summed E-state index contributed by atoms with van der Waals surface area (Å²) in [4.78, 5) is 4.36. The van der Waals surface area contributed by atoms with Crippen LogP contribution < -0.4 is 5.32 Å². The molecule has 0 aliphatic carbocycles. The molecule has 2 aromatic heterocycles. The molecule has 5 nitrogen and oxygen atoms in total. The minimum atomic E-state index is 0.463. The Hall–Kier alpha value is -1.62. The zero-order valence-corrected chi connectivity index (χ0v) is 12.3. The van der Waals surface area contributed by atoms with Crippen molar-refractivity contribution >= 4 is 0 Å². The van der Waals surface area contributed by atoms with Crippen LogP contribution >= 0.6 is 0 Å². The number of aromatic nitrogens is 4. The van der Waals surface area contributed by atoms with E-state index >= 15 is 0 Å². The van der Waals surface area contributed by atoms with Crippen LogP contribution in [0.2, 0.25) is 0 Å². The van der Waals surface area contributed by atoms with Crippen molar-refractivity contribution in [3.8, 4) is 11.3 Å². The highest BCUT2D eigenvalue weighted by molar-refractivity contribution is 5.56. The molecule has 20 heavy (non-hydrogen) atoms. The van der Waals surface area contributed by atoms with Gasteiger partial charge in [-0.25, -0.2) is 4.98 Å². The SMILES string of the molecule is CCn1cc(-c2cncn2C(C)C2CCCNC2)cn1. The molecule has 1 aliphatic heterocycles. The van der Waals surface area contributed by atoms with Crippen LogP contribution in [0, 0.1) is 5.92 Å². The summed E-state index contributed by atoms with van der Waals surface area (Å²) in [5, 5.41) is 7.87. The standard InChI is InChI=1S/C15H23N5/c1-3-19-10-14(8-18-19)15-9-17-11-20(15)12(2)13-5-4-6-16-7-13/h8-13,16H,3-7H2,1-2H3. The van der Waals surface area contributed by atoms with Crippen LogP contribution in [0.3, 0.4) is 0 Å². The van der Waals surface area contributed by atoms with Crippen molar-refractivity contribution in [3.05, 3.63) is 24.9 Å². The van der Waals surface area contributed by atoms with Gasteiger partial charge in [-0.3, -0.25) is 4.68 Å². The largest absolute Gasteiger partial charge is 0.327 e. The average Bonchev–Trinajstić information content (AvgIpc) is 3.15. The zero-order valence-electron chi connectivity index (χ0n) is 12.3. The van der Waals surface area contributed by atoms with Gasteiger partial charge in [-0.2, -0.15) is 5.10 Å². The molecular weight excluding hydrogens is 250 g/mol. The molecule has 1 saturated heterocycles. The summed E-state index contributed by atoms with van der Waals surface area (Å²) in [5.41, 5.74) is 2.32. The van der Waals surface area contributed by atoms with Crippen molar-refractivity contribution in [3.63, 3.8) is 0 Å². The van der Waals surface area contributed by atoms with Crippen LogP contribution in [-0.2, 0) is 6.54 Å². The smallest absolute Gasteiger partial charge is 0.0953 e. The fourth-order valence-corrected chi connectivity index (χ4v) is 3.04. The lowest BCUT2D eigenvalue weighted by molar-refractivity contribution is 0.281. The normalized spacial score (nSPS) is 21.0. The molecule has 1 aliphatic rings. The Morgan fingerprint density at radius 3 is 3.05 bits per heavy atom. The molecule has 0 radical (unpaired) electrons. The van der Waals surface area contributed by atoms with Crippen molar-refractivity contribution < 1.29 is 0 Å². The van der Waals surface area contributed by atoms with Crippen molar-refractivity contribution in [2.45, 2.75) is 39.3 Å². The lowest BCUT2D eigenvalue weighted by atomic mass is 9.92. The maximum Gasteiger partial charge on any atom is 0.0953 e. The highest BCUT2D eigenvalue weighted by Crippen LogP contribution is 2.29. The second kappa shape index (κ2) is 5.79. The molecule has 2 atom stereocenters. The van der Waals surface area contributed by atoms with E-state index in [0.29, 0.717) is 12.0 Å². The van der Waals surface area contributed by atoms with Crippen LogP contribution in [0.5, 0.6) is 0 Å². The molecule has 3 rings (SSSR count). The van der Waals surface area contributed by atoms with Gasteiger partial charge in [0, 0.05) is 24.3 Å². The number of nitrogens with one attached hydrogen (secondary N) is 1. The summed E-state index contributed by atoms with van der Waals surface area (Å²) in [7, 11) is 0. The molecule has 0 saturated carbocycles. The van der Waals surface area contributed by atoms with Gasteiger partial charge in [-0.1, -0.05) is 0 Å². The van der Waals surface area contributed by atoms with E-state index in [2.05, 4.69) is 40.0 Å². The number of aryl methyl sites for hydroxylation is 1. The average molecular weight is 273 g/mol. The van der Waals surface area contributed by atoms with E-state index in [-0.39, 0.29) is 0 Å². The van der Waals surface area contributed by atoms with Crippen LogP contribution in [0.4, 0.5) is 0 Å². The maximum absolute atomic E-state index is 4.37. The van der Waals surface area contributed by atoms with Crippen molar-refractivity contribution in [1.29, 1.82) is 0 Å². The minimum Gasteiger partial charge on any atom is -0.327 e. The molecule has 0 bridgehead atoms. The topological polar surface area (TPSA) is 47.7 Å². The van der Waals surface area contributed by atoms with E-state index in [4.69, 9.17) is 0 Å². The predicted octanol–water partition coefficient (Wildman–Crippen LogP) is 2.33. The third-order valence-electron chi connectivity index (χ3n) is 4.38. The van der Waals surface area contributed by atoms with Gasteiger partial charge in [0.15, 0.2) is 0 Å². The number of hydrogen-bond donors (Lipinski definition) is 1. The first kappa shape index (κ1) is 13.4. The Morgan fingerprint density at radius 1 is 1.45 bits per heavy atom. The monoisotopic (exact) mass is 273 g/mol. The first-order valence-electron chi connectivity index (χ1n) is 7.55. The third-order valence-corrected chi connectivity index (χ3v) is 4.38. The van der Waals surface area contributed by atoms with Crippen LogP contribution in [0.1, 0.15) is 32.7 Å². The van der Waals surface area contributed by atoms with Crippen molar-refractivity contribution in [1.82, 2.24) is 24.6 Å². The van der Waals surface area contributed by atoms with Gasteiger partial charge in [-0.15, -0.1) is 0 Å². The van der Waals surface area contributed by atoms with Gasteiger partial charge in [0.05, 0.1) is 24.4 Å². The molecule has 5 heteroatoms. The lowest BCUT2D eigenvalue weighted by Gasteiger charge is -2.30. The molecule has 108 valence electrons. The molecule has 1 fully saturated rings. The quantitative estimate of drug-likeness (QED) is 0.930. The Kier molecular flexibility index (Phi) is 3.87. The van der Waals surface area contributed by atoms with Gasteiger partial charge >= 0.3 is 0 Å². The van der Waals surface area contributed by atoms with Crippen molar-refractivity contribution in [2.75, 3.05) is 13.1 Å². The Balaban J connectivity index is 1.85. The van der Waals surface area contributed by atoms with E-state index in [0.717, 1.165) is 25.2 Å². The van der Waals surface area contributed by atoms with Gasteiger partial charge in [0.1, 0.15) is 0 Å². The van der Waals surface area contributed by atoms with E-state index in [1.54, 1.807) is 0 Å². The first-order chi connectivity index (χ1) is 9.79. The van der Waals surface area contributed by atoms with Crippen LogP contribution in [0.25, 0.3) is 11.3 Å². The summed E-state index contributed by atoms with van der Waals surface area (Å²) in [6, 6.07) is 0.463. The molecule has 0 spiro atoms. The Labute approximate surface area is 120 Å². The van der Waals surface area contributed by atoms with E-state index in [1.165, 1.54) is 18.5 Å². The molecule has 3 heterocycles. The summed E-state index contributed by atoms with van der Waals surface area (Å²) in [6.45, 7) is 7.56. The Bertz CT molecular complexity index is 550. The highest BCUT2D eigenvalue weighted by atomic mass is 15.3. The summed E-state index contributed by atoms with van der Waals surface area (Å²) in [5.74, 6) is 0.679. The fourth-order valence-electron chi connectivity index (χ4n) is 3.04. The molecule has 2 aromatic rings.